The van der Waals surface area contributed by atoms with Gasteiger partial charge in [-0.1, -0.05) is 12.5 Å². The van der Waals surface area contributed by atoms with Crippen molar-refractivity contribution >= 4 is 13.7 Å². The highest BCUT2D eigenvalue weighted by molar-refractivity contribution is 7.68. The van der Waals surface area contributed by atoms with Gasteiger partial charge < -0.3 is 5.11 Å². The van der Waals surface area contributed by atoms with Gasteiger partial charge in [-0.25, -0.2) is 14.6 Å². The van der Waals surface area contributed by atoms with Crippen molar-refractivity contribution in [3.05, 3.63) is 23.0 Å². The normalized spacial score (nSPS) is 21.4. The number of hydrogen-bond acceptors (Lipinski definition) is 3. The summed E-state index contributed by atoms with van der Waals surface area (Å²) in [5.41, 5.74) is 1.24. The molecule has 2 aliphatic rings. The van der Waals surface area contributed by atoms with Crippen molar-refractivity contribution in [3.8, 4) is 0 Å². The summed E-state index contributed by atoms with van der Waals surface area (Å²) >= 11 is 0. The molecule has 0 spiro atoms. The maximum Gasteiger partial charge on any atom is 0.335 e. The minimum atomic E-state index is -3.26. The standard InChI is InChI=1S/C14H21O4P/c15-14(16)13(8-11-6-7-11)10-19(17,18)9-12-4-2-1-3-5-12/h8-9,11,17-18H,1-7,10H2/p+1. The Morgan fingerprint density at radius 3 is 2.37 bits per heavy atom. The van der Waals surface area contributed by atoms with Crippen LogP contribution in [-0.2, 0) is 4.79 Å². The first-order chi connectivity index (χ1) is 8.96. The summed E-state index contributed by atoms with van der Waals surface area (Å²) in [4.78, 5) is 31.4. The van der Waals surface area contributed by atoms with E-state index in [-0.39, 0.29) is 11.7 Å². The van der Waals surface area contributed by atoms with Crippen LogP contribution in [0.5, 0.6) is 0 Å². The smallest absolute Gasteiger partial charge is 0.335 e. The zero-order valence-corrected chi connectivity index (χ0v) is 12.0. The van der Waals surface area contributed by atoms with Crippen molar-refractivity contribution in [3.63, 3.8) is 0 Å². The second kappa shape index (κ2) is 6.17. The second-order valence-electron chi connectivity index (χ2n) is 5.63. The number of hydrogen-bond donors (Lipinski definition) is 3. The van der Waals surface area contributed by atoms with Gasteiger partial charge in [0.15, 0.2) is 0 Å². The van der Waals surface area contributed by atoms with Crippen molar-refractivity contribution in [1.29, 1.82) is 0 Å². The fourth-order valence-electron chi connectivity index (χ4n) is 2.46. The number of allylic oxidation sites excluding steroid dienone is 2. The molecule has 0 unspecified atom stereocenters. The first-order valence-corrected chi connectivity index (χ1v) is 8.89. The fourth-order valence-corrected chi connectivity index (χ4v) is 4.14. The highest BCUT2D eigenvalue weighted by Crippen LogP contribution is 2.55. The van der Waals surface area contributed by atoms with Crippen LogP contribution >= 0.6 is 7.72 Å². The van der Waals surface area contributed by atoms with Crippen LogP contribution in [0.15, 0.2) is 23.0 Å². The number of carboxylic acids is 1. The lowest BCUT2D eigenvalue weighted by Crippen LogP contribution is -2.09. The molecule has 5 heteroatoms. The molecule has 0 saturated heterocycles. The third-order valence-corrected chi connectivity index (χ3v) is 5.21. The minimum Gasteiger partial charge on any atom is -0.478 e. The van der Waals surface area contributed by atoms with E-state index < -0.39 is 13.7 Å². The Morgan fingerprint density at radius 1 is 1.21 bits per heavy atom. The van der Waals surface area contributed by atoms with E-state index in [4.69, 9.17) is 5.11 Å². The molecule has 4 nitrogen and oxygen atoms in total. The summed E-state index contributed by atoms with van der Waals surface area (Å²) in [7, 11) is -3.26. The Bertz CT molecular complexity index is 400. The molecule has 3 N–H and O–H groups in total. The lowest BCUT2D eigenvalue weighted by Gasteiger charge is -2.15. The highest BCUT2D eigenvalue weighted by atomic mass is 31.2. The molecule has 2 fully saturated rings. The highest BCUT2D eigenvalue weighted by Gasteiger charge is 2.36. The number of aliphatic carboxylic acids is 1. The summed E-state index contributed by atoms with van der Waals surface area (Å²) in [6, 6.07) is 0. The van der Waals surface area contributed by atoms with Gasteiger partial charge in [-0.05, 0) is 50.0 Å². The van der Waals surface area contributed by atoms with Gasteiger partial charge in [-0.3, -0.25) is 0 Å². The Balaban J connectivity index is 2.03. The predicted molar refractivity (Wildman–Crippen MR) is 75.8 cm³/mol. The number of carboxylic acid groups (broad SMARTS) is 1. The van der Waals surface area contributed by atoms with E-state index in [1.165, 1.54) is 6.42 Å². The first kappa shape index (κ1) is 14.7. The van der Waals surface area contributed by atoms with Gasteiger partial charge in [-0.2, -0.15) is 0 Å². The molecular formula is C14H22O4P+. The monoisotopic (exact) mass is 285 g/mol. The third kappa shape index (κ3) is 5.06. The van der Waals surface area contributed by atoms with Crippen LogP contribution in [0.2, 0.25) is 0 Å². The average Bonchev–Trinajstić information content (AvgIpc) is 3.12. The molecule has 2 saturated carbocycles. The zero-order chi connectivity index (χ0) is 13.9. The van der Waals surface area contributed by atoms with E-state index in [0.29, 0.717) is 5.92 Å². The molecule has 106 valence electrons. The van der Waals surface area contributed by atoms with E-state index in [0.717, 1.165) is 44.1 Å². The maximum atomic E-state index is 11.1. The van der Waals surface area contributed by atoms with Gasteiger partial charge >= 0.3 is 5.97 Å². The van der Waals surface area contributed by atoms with Gasteiger partial charge in [-0.15, -0.1) is 0 Å². The van der Waals surface area contributed by atoms with Crippen LogP contribution < -0.4 is 0 Å². The van der Waals surface area contributed by atoms with E-state index >= 15 is 0 Å². The van der Waals surface area contributed by atoms with Gasteiger partial charge in [0, 0.05) is 0 Å². The Labute approximate surface area is 114 Å². The summed E-state index contributed by atoms with van der Waals surface area (Å²) in [5.74, 6) is 0.866. The van der Waals surface area contributed by atoms with E-state index in [1.807, 2.05) is 0 Å². The molecule has 0 aromatic rings. The molecule has 19 heavy (non-hydrogen) atoms. The summed E-state index contributed by atoms with van der Waals surface area (Å²) in [6.45, 7) is 0. The van der Waals surface area contributed by atoms with E-state index in [2.05, 4.69) is 0 Å². The Hall–Kier alpha value is -0.700. The molecular weight excluding hydrogens is 263 g/mol. The summed E-state index contributed by atoms with van der Waals surface area (Å²) in [5, 5.41) is 9.13. The first-order valence-electron chi connectivity index (χ1n) is 6.94. The maximum absolute atomic E-state index is 11.1. The predicted octanol–water partition coefficient (Wildman–Crippen LogP) is 3.09. The van der Waals surface area contributed by atoms with E-state index in [9.17, 15) is 14.6 Å². The quantitative estimate of drug-likeness (QED) is 0.536. The van der Waals surface area contributed by atoms with Gasteiger partial charge in [0.1, 0.15) is 12.0 Å². The van der Waals surface area contributed by atoms with Crippen LogP contribution in [0.1, 0.15) is 44.9 Å². The van der Waals surface area contributed by atoms with Crippen molar-refractivity contribution in [1.82, 2.24) is 0 Å². The minimum absolute atomic E-state index is 0.123. The lowest BCUT2D eigenvalue weighted by atomic mass is 9.96. The zero-order valence-electron chi connectivity index (χ0n) is 11.1. The number of carbonyl (C=O) groups is 1. The van der Waals surface area contributed by atoms with Gasteiger partial charge in [0.25, 0.3) is 7.72 Å². The summed E-state index contributed by atoms with van der Waals surface area (Å²) < 4.78 is 0. The van der Waals surface area contributed by atoms with Crippen LogP contribution in [0.25, 0.3) is 0 Å². The molecule has 0 radical (unpaired) electrons. The third-order valence-electron chi connectivity index (χ3n) is 3.62. The molecule has 0 bridgehead atoms. The van der Waals surface area contributed by atoms with E-state index in [1.54, 1.807) is 11.9 Å². The van der Waals surface area contributed by atoms with Crippen molar-refractivity contribution < 1.29 is 19.7 Å². The van der Waals surface area contributed by atoms with Gasteiger partial charge in [0.2, 0.25) is 0 Å². The van der Waals surface area contributed by atoms with Crippen LogP contribution in [0.3, 0.4) is 0 Å². The Kier molecular flexibility index (Phi) is 4.77. The molecule has 0 amide bonds. The molecule has 2 aliphatic carbocycles. The molecule has 0 aromatic heterocycles. The van der Waals surface area contributed by atoms with Gasteiger partial charge in [0.05, 0.1) is 5.57 Å². The Morgan fingerprint density at radius 2 is 1.84 bits per heavy atom. The topological polar surface area (TPSA) is 77.8 Å². The lowest BCUT2D eigenvalue weighted by molar-refractivity contribution is -0.132. The van der Waals surface area contributed by atoms with Crippen molar-refractivity contribution in [2.45, 2.75) is 44.9 Å². The van der Waals surface area contributed by atoms with Crippen LogP contribution in [0, 0.1) is 5.92 Å². The average molecular weight is 285 g/mol. The number of rotatable bonds is 5. The fraction of sp³-hybridized carbons (Fsp3) is 0.643. The largest absolute Gasteiger partial charge is 0.478 e. The summed E-state index contributed by atoms with van der Waals surface area (Å²) in [6.07, 6.45) is 8.81. The van der Waals surface area contributed by atoms with Crippen molar-refractivity contribution in [2.24, 2.45) is 5.92 Å². The second-order valence-corrected chi connectivity index (χ2v) is 7.77. The molecule has 0 heterocycles. The van der Waals surface area contributed by atoms with Crippen LogP contribution in [0.4, 0.5) is 0 Å². The molecule has 0 atom stereocenters. The van der Waals surface area contributed by atoms with Crippen molar-refractivity contribution in [2.75, 3.05) is 6.16 Å². The molecule has 2 rings (SSSR count). The molecule has 0 aromatic carbocycles. The van der Waals surface area contributed by atoms with Crippen LogP contribution in [-0.4, -0.2) is 27.0 Å². The SMILES string of the molecule is O=C(O)C(=CC1CC1)C[P+](O)(O)C=C1CCCCC1. The molecule has 0 aliphatic heterocycles.